The van der Waals surface area contributed by atoms with Gasteiger partial charge in [-0.05, 0) is 23.6 Å². The molecule has 0 aromatic heterocycles. The maximum atomic E-state index is 12.7. The summed E-state index contributed by atoms with van der Waals surface area (Å²) in [6.45, 7) is 9.23. The molecule has 2 saturated heterocycles. The molecule has 3 rings (SSSR count). The lowest BCUT2D eigenvalue weighted by Gasteiger charge is -2.34. The molecule has 0 radical (unpaired) electrons. The van der Waals surface area contributed by atoms with Crippen molar-refractivity contribution >= 4 is 23.5 Å². The van der Waals surface area contributed by atoms with E-state index < -0.39 is 0 Å². The first kappa shape index (κ1) is 19.2. The van der Waals surface area contributed by atoms with Crippen LogP contribution in [0.25, 0.3) is 0 Å². The van der Waals surface area contributed by atoms with E-state index in [1.54, 1.807) is 26.5 Å². The van der Waals surface area contributed by atoms with Gasteiger partial charge in [-0.15, -0.1) is 0 Å². The van der Waals surface area contributed by atoms with Crippen molar-refractivity contribution in [3.63, 3.8) is 0 Å². The Morgan fingerprint density at radius 3 is 2.07 bits per heavy atom. The predicted molar refractivity (Wildman–Crippen MR) is 104 cm³/mol. The van der Waals surface area contributed by atoms with Gasteiger partial charge < -0.3 is 14.7 Å². The zero-order valence-corrected chi connectivity index (χ0v) is 16.4. The molecule has 0 saturated carbocycles. The fraction of sp³-hybridized carbons (Fsp3) is 0.550. The zero-order chi connectivity index (χ0) is 19.6. The molecule has 1 aromatic carbocycles. The van der Waals surface area contributed by atoms with E-state index >= 15 is 0 Å². The van der Waals surface area contributed by atoms with Gasteiger partial charge in [0.1, 0.15) is 6.54 Å². The lowest BCUT2D eigenvalue weighted by molar-refractivity contribution is -0.138. The molecule has 2 fully saturated rings. The molecular weight excluding hydrogens is 344 g/mol. The number of hydrogen-bond acceptors (Lipinski definition) is 3. The van der Waals surface area contributed by atoms with Crippen molar-refractivity contribution in [3.05, 3.63) is 29.8 Å². The maximum Gasteiger partial charge on any atom is 0.325 e. The normalized spacial score (nSPS) is 17.9. The number of carbonyl (C=O) groups is 3. The van der Waals surface area contributed by atoms with E-state index in [2.05, 4.69) is 26.0 Å². The van der Waals surface area contributed by atoms with Gasteiger partial charge in [0.15, 0.2) is 0 Å². The Kier molecular flexibility index (Phi) is 5.68. The van der Waals surface area contributed by atoms with Crippen molar-refractivity contribution in [1.29, 1.82) is 0 Å². The number of anilines is 1. The van der Waals surface area contributed by atoms with Crippen molar-refractivity contribution in [1.82, 2.24) is 14.7 Å². The van der Waals surface area contributed by atoms with E-state index in [-0.39, 0.29) is 24.4 Å². The molecule has 1 aromatic rings. The molecule has 0 atom stereocenters. The second-order valence-corrected chi connectivity index (χ2v) is 7.49. The van der Waals surface area contributed by atoms with E-state index in [1.165, 1.54) is 5.56 Å². The molecular formula is C20H28N4O3. The SMILES string of the molecule is CC(=O)N1CCN(C(=O)CN2CCN(c3ccc(C(C)C)cc3)C2=O)CC1. The smallest absolute Gasteiger partial charge is 0.325 e. The summed E-state index contributed by atoms with van der Waals surface area (Å²) in [6.07, 6.45) is 0. The third-order valence-electron chi connectivity index (χ3n) is 5.37. The van der Waals surface area contributed by atoms with Crippen molar-refractivity contribution in [2.75, 3.05) is 50.7 Å². The number of nitrogens with zero attached hydrogens (tertiary/aromatic N) is 4. The molecule has 0 N–H and O–H groups in total. The van der Waals surface area contributed by atoms with Crippen LogP contribution in [0.1, 0.15) is 32.3 Å². The predicted octanol–water partition coefficient (Wildman–Crippen LogP) is 1.74. The molecule has 4 amide bonds. The summed E-state index contributed by atoms with van der Waals surface area (Å²) in [4.78, 5) is 43.5. The van der Waals surface area contributed by atoms with E-state index in [0.717, 1.165) is 5.69 Å². The minimum absolute atomic E-state index is 0.0379. The van der Waals surface area contributed by atoms with Crippen LogP contribution in [0.2, 0.25) is 0 Å². The highest BCUT2D eigenvalue weighted by molar-refractivity contribution is 5.96. The van der Waals surface area contributed by atoms with Crippen LogP contribution in [-0.4, -0.2) is 78.4 Å². The highest BCUT2D eigenvalue weighted by Crippen LogP contribution is 2.23. The van der Waals surface area contributed by atoms with Crippen LogP contribution in [0.15, 0.2) is 24.3 Å². The first-order valence-corrected chi connectivity index (χ1v) is 9.56. The van der Waals surface area contributed by atoms with Crippen molar-refractivity contribution in [2.24, 2.45) is 0 Å². The van der Waals surface area contributed by atoms with Crippen molar-refractivity contribution in [2.45, 2.75) is 26.7 Å². The number of amides is 4. The second-order valence-electron chi connectivity index (χ2n) is 7.49. The summed E-state index contributed by atoms with van der Waals surface area (Å²) in [5.74, 6) is 0.436. The average molecular weight is 372 g/mol. The first-order chi connectivity index (χ1) is 12.9. The van der Waals surface area contributed by atoms with Crippen molar-refractivity contribution in [3.8, 4) is 0 Å². The van der Waals surface area contributed by atoms with Crippen LogP contribution in [-0.2, 0) is 9.59 Å². The summed E-state index contributed by atoms with van der Waals surface area (Å²) < 4.78 is 0. The molecule has 7 heteroatoms. The summed E-state index contributed by atoms with van der Waals surface area (Å²) >= 11 is 0. The van der Waals surface area contributed by atoms with Gasteiger partial charge in [-0.25, -0.2) is 4.79 Å². The summed E-state index contributed by atoms with van der Waals surface area (Å²) in [7, 11) is 0. The number of urea groups is 1. The molecule has 0 bridgehead atoms. The quantitative estimate of drug-likeness (QED) is 0.809. The maximum absolute atomic E-state index is 12.7. The zero-order valence-electron chi connectivity index (χ0n) is 16.4. The minimum Gasteiger partial charge on any atom is -0.339 e. The topological polar surface area (TPSA) is 64.2 Å². The molecule has 7 nitrogen and oxygen atoms in total. The second kappa shape index (κ2) is 7.98. The largest absolute Gasteiger partial charge is 0.339 e. The fourth-order valence-corrected chi connectivity index (χ4v) is 3.54. The molecule has 27 heavy (non-hydrogen) atoms. The van der Waals surface area contributed by atoms with Gasteiger partial charge in [0.2, 0.25) is 11.8 Å². The Morgan fingerprint density at radius 2 is 1.52 bits per heavy atom. The Balaban J connectivity index is 1.55. The number of piperazine rings is 1. The highest BCUT2D eigenvalue weighted by Gasteiger charge is 2.32. The third kappa shape index (κ3) is 4.23. The van der Waals surface area contributed by atoms with Crippen LogP contribution in [0.5, 0.6) is 0 Å². The Labute approximate surface area is 160 Å². The molecule has 2 aliphatic heterocycles. The van der Waals surface area contributed by atoms with Crippen LogP contribution in [0, 0.1) is 0 Å². The third-order valence-corrected chi connectivity index (χ3v) is 5.37. The molecule has 0 spiro atoms. The van der Waals surface area contributed by atoms with E-state index in [9.17, 15) is 14.4 Å². The fourth-order valence-electron chi connectivity index (χ4n) is 3.54. The van der Waals surface area contributed by atoms with Gasteiger partial charge in [-0.3, -0.25) is 14.5 Å². The lowest BCUT2D eigenvalue weighted by Crippen LogP contribution is -2.52. The van der Waals surface area contributed by atoms with Gasteiger partial charge in [0.05, 0.1) is 0 Å². The molecule has 146 valence electrons. The summed E-state index contributed by atoms with van der Waals surface area (Å²) in [6, 6.07) is 7.92. The number of carbonyl (C=O) groups excluding carboxylic acids is 3. The number of hydrogen-bond donors (Lipinski definition) is 0. The van der Waals surface area contributed by atoms with E-state index in [4.69, 9.17) is 0 Å². The van der Waals surface area contributed by atoms with Crippen LogP contribution in [0.4, 0.5) is 10.5 Å². The van der Waals surface area contributed by atoms with E-state index in [1.807, 2.05) is 12.1 Å². The van der Waals surface area contributed by atoms with Gasteiger partial charge >= 0.3 is 6.03 Å². The minimum atomic E-state index is -0.122. The molecule has 0 unspecified atom stereocenters. The summed E-state index contributed by atoms with van der Waals surface area (Å²) in [5.41, 5.74) is 2.11. The average Bonchev–Trinajstić information content (AvgIpc) is 3.02. The molecule has 2 aliphatic rings. The van der Waals surface area contributed by atoms with Gasteiger partial charge in [-0.2, -0.15) is 0 Å². The van der Waals surface area contributed by atoms with E-state index in [0.29, 0.717) is 45.2 Å². The standard InChI is InChI=1S/C20H28N4O3/c1-15(2)17-4-6-18(7-5-17)24-13-12-23(20(24)27)14-19(26)22-10-8-21(9-11-22)16(3)25/h4-7,15H,8-14H2,1-3H3. The highest BCUT2D eigenvalue weighted by atomic mass is 16.2. The van der Waals surface area contributed by atoms with Gasteiger partial charge in [0, 0.05) is 51.9 Å². The molecule has 2 heterocycles. The Hall–Kier alpha value is -2.57. The monoisotopic (exact) mass is 372 g/mol. The number of benzene rings is 1. The molecule has 0 aliphatic carbocycles. The van der Waals surface area contributed by atoms with Crippen LogP contribution < -0.4 is 4.90 Å². The number of rotatable bonds is 4. The Bertz CT molecular complexity index is 708. The van der Waals surface area contributed by atoms with Gasteiger partial charge in [0.25, 0.3) is 0 Å². The van der Waals surface area contributed by atoms with Crippen molar-refractivity contribution < 1.29 is 14.4 Å². The van der Waals surface area contributed by atoms with Crippen LogP contribution >= 0.6 is 0 Å². The van der Waals surface area contributed by atoms with Crippen LogP contribution in [0.3, 0.4) is 0 Å². The Morgan fingerprint density at radius 1 is 0.926 bits per heavy atom. The lowest BCUT2D eigenvalue weighted by atomic mass is 10.0. The summed E-state index contributed by atoms with van der Waals surface area (Å²) in [5, 5.41) is 0. The first-order valence-electron chi connectivity index (χ1n) is 9.56. The van der Waals surface area contributed by atoms with Gasteiger partial charge in [-0.1, -0.05) is 26.0 Å².